The number of anilines is 3. The van der Waals surface area contributed by atoms with Crippen LogP contribution in [0.3, 0.4) is 0 Å². The van der Waals surface area contributed by atoms with Crippen molar-refractivity contribution in [2.24, 2.45) is 5.73 Å². The molecule has 2 aliphatic rings. The number of carbonyl (C=O) groups is 1. The van der Waals surface area contributed by atoms with Crippen LogP contribution in [-0.4, -0.2) is 60.2 Å². The highest BCUT2D eigenvalue weighted by atomic mass is 16.5. The molecule has 1 unspecified atom stereocenters. The van der Waals surface area contributed by atoms with Crippen LogP contribution in [0, 0.1) is 0 Å². The van der Waals surface area contributed by atoms with E-state index in [1.54, 1.807) is 6.20 Å². The average molecular weight is 459 g/mol. The van der Waals surface area contributed by atoms with Crippen LogP contribution in [0.1, 0.15) is 24.4 Å². The Morgan fingerprint density at radius 2 is 1.65 bits per heavy atom. The number of hydrogen-bond donors (Lipinski definition) is 2. The fourth-order valence-corrected chi connectivity index (χ4v) is 4.68. The van der Waals surface area contributed by atoms with Gasteiger partial charge in [-0.3, -0.25) is 9.69 Å². The quantitative estimate of drug-likeness (QED) is 0.560. The number of likely N-dealkylation sites (tertiary alicyclic amines) is 1. The third-order valence-corrected chi connectivity index (χ3v) is 6.45. The van der Waals surface area contributed by atoms with Crippen molar-refractivity contribution >= 4 is 23.2 Å². The maximum atomic E-state index is 12.1. The summed E-state index contributed by atoms with van der Waals surface area (Å²) in [4.78, 5) is 25.7. The molecule has 1 amide bonds. The summed E-state index contributed by atoms with van der Waals surface area (Å²) in [6, 6.07) is 17.7. The van der Waals surface area contributed by atoms with Crippen molar-refractivity contribution in [3.05, 3.63) is 66.4 Å². The molecule has 1 aromatic heterocycles. The maximum Gasteiger partial charge on any atom is 0.239 e. The molecule has 0 spiro atoms. The van der Waals surface area contributed by atoms with Gasteiger partial charge in [-0.25, -0.2) is 9.97 Å². The van der Waals surface area contributed by atoms with Crippen LogP contribution >= 0.6 is 0 Å². The van der Waals surface area contributed by atoms with Crippen molar-refractivity contribution in [1.29, 1.82) is 0 Å². The molecule has 34 heavy (non-hydrogen) atoms. The number of carbonyl (C=O) groups excluding carboxylic acids is 1. The molecule has 1 atom stereocenters. The molecule has 0 saturated carbocycles. The molecule has 8 nitrogen and oxygen atoms in total. The van der Waals surface area contributed by atoms with E-state index in [2.05, 4.69) is 37.2 Å². The lowest BCUT2D eigenvalue weighted by Crippen LogP contribution is -2.36. The summed E-state index contributed by atoms with van der Waals surface area (Å²) >= 11 is 0. The Balaban J connectivity index is 1.28. The Morgan fingerprint density at radius 3 is 2.32 bits per heavy atom. The minimum absolute atomic E-state index is 0.303. The van der Waals surface area contributed by atoms with Crippen molar-refractivity contribution in [1.82, 2.24) is 14.9 Å². The third-order valence-electron chi connectivity index (χ3n) is 6.45. The van der Waals surface area contributed by atoms with E-state index in [4.69, 9.17) is 10.5 Å². The van der Waals surface area contributed by atoms with E-state index in [1.807, 2.05) is 42.5 Å². The number of nitrogens with zero attached hydrogens (tertiary/aromatic N) is 4. The summed E-state index contributed by atoms with van der Waals surface area (Å²) in [5.74, 6) is 0.232. The minimum atomic E-state index is -0.375. The zero-order valence-electron chi connectivity index (χ0n) is 19.2. The first-order chi connectivity index (χ1) is 16.7. The number of benzene rings is 2. The number of rotatable bonds is 7. The molecule has 176 valence electrons. The number of primary amides is 1. The van der Waals surface area contributed by atoms with Crippen molar-refractivity contribution in [3.8, 4) is 11.3 Å². The van der Waals surface area contributed by atoms with E-state index in [1.165, 1.54) is 5.69 Å². The summed E-state index contributed by atoms with van der Waals surface area (Å²) in [5, 5.41) is 3.29. The van der Waals surface area contributed by atoms with Crippen LogP contribution in [0.25, 0.3) is 11.3 Å². The van der Waals surface area contributed by atoms with Gasteiger partial charge in [0.1, 0.15) is 6.04 Å². The van der Waals surface area contributed by atoms with Crippen LogP contribution in [0.15, 0.2) is 60.8 Å². The van der Waals surface area contributed by atoms with Gasteiger partial charge >= 0.3 is 0 Å². The van der Waals surface area contributed by atoms with E-state index >= 15 is 0 Å². The number of amides is 1. The molecule has 0 bridgehead atoms. The van der Waals surface area contributed by atoms with Crippen LogP contribution in [-0.2, 0) is 9.53 Å². The standard InChI is InChI=1S/C26H30N6O2/c27-25(33)24(32-13-1-2-14-32)20-5-3-19(4-6-20)23-11-12-28-26(30-23)29-21-7-9-22(10-8-21)31-15-17-34-18-16-31/h3-12,24H,1-2,13-18H2,(H2,27,33)(H,28,29,30). The monoisotopic (exact) mass is 458 g/mol. The first kappa shape index (κ1) is 22.3. The van der Waals surface area contributed by atoms with Crippen LogP contribution in [0.5, 0.6) is 0 Å². The maximum absolute atomic E-state index is 12.1. The Labute approximate surface area is 199 Å². The highest BCUT2D eigenvalue weighted by molar-refractivity contribution is 5.81. The molecular formula is C26H30N6O2. The number of ether oxygens (including phenoxy) is 1. The highest BCUT2D eigenvalue weighted by Crippen LogP contribution is 2.28. The largest absolute Gasteiger partial charge is 0.378 e. The molecule has 2 aliphatic heterocycles. The molecule has 5 rings (SSSR count). The van der Waals surface area contributed by atoms with Crippen molar-refractivity contribution in [2.75, 3.05) is 49.6 Å². The minimum Gasteiger partial charge on any atom is -0.378 e. The summed E-state index contributed by atoms with van der Waals surface area (Å²) in [6.07, 6.45) is 3.96. The first-order valence-electron chi connectivity index (χ1n) is 11.8. The lowest BCUT2D eigenvalue weighted by molar-refractivity contribution is -0.123. The van der Waals surface area contributed by atoms with Crippen molar-refractivity contribution < 1.29 is 9.53 Å². The molecule has 0 aliphatic carbocycles. The van der Waals surface area contributed by atoms with E-state index in [-0.39, 0.29) is 11.9 Å². The molecular weight excluding hydrogens is 428 g/mol. The SMILES string of the molecule is NC(=O)C(c1ccc(-c2ccnc(Nc3ccc(N4CCOCC4)cc3)n2)cc1)N1CCCC1. The fraction of sp³-hybridized carbons (Fsp3) is 0.346. The fourth-order valence-electron chi connectivity index (χ4n) is 4.68. The van der Waals surface area contributed by atoms with Gasteiger partial charge in [0.25, 0.3) is 0 Å². The number of nitrogens with one attached hydrogen (secondary N) is 1. The Hall–Kier alpha value is -3.49. The third kappa shape index (κ3) is 5.03. The lowest BCUT2D eigenvalue weighted by Gasteiger charge is -2.28. The Bertz CT molecular complexity index is 1110. The van der Waals surface area contributed by atoms with Gasteiger partial charge in [0.15, 0.2) is 0 Å². The molecule has 3 heterocycles. The van der Waals surface area contributed by atoms with E-state index < -0.39 is 0 Å². The van der Waals surface area contributed by atoms with Gasteiger partial charge in [0.05, 0.1) is 18.9 Å². The van der Waals surface area contributed by atoms with Crippen LogP contribution in [0.2, 0.25) is 0 Å². The number of nitrogens with two attached hydrogens (primary N) is 1. The molecule has 2 saturated heterocycles. The van der Waals surface area contributed by atoms with Crippen molar-refractivity contribution in [2.45, 2.75) is 18.9 Å². The van der Waals surface area contributed by atoms with E-state index in [0.29, 0.717) is 5.95 Å². The molecule has 3 N–H and O–H groups in total. The number of morpholine rings is 1. The topological polar surface area (TPSA) is 96.6 Å². The van der Waals surface area contributed by atoms with Crippen LogP contribution in [0.4, 0.5) is 17.3 Å². The summed E-state index contributed by atoms with van der Waals surface area (Å²) in [7, 11) is 0. The summed E-state index contributed by atoms with van der Waals surface area (Å²) in [6.45, 7) is 5.17. The number of aromatic nitrogens is 2. The van der Waals surface area contributed by atoms with Crippen LogP contribution < -0.4 is 16.0 Å². The predicted molar refractivity (Wildman–Crippen MR) is 133 cm³/mol. The van der Waals surface area contributed by atoms with Gasteiger partial charge in [-0.2, -0.15) is 0 Å². The Kier molecular flexibility index (Phi) is 6.69. The van der Waals surface area contributed by atoms with Crippen molar-refractivity contribution in [3.63, 3.8) is 0 Å². The second kappa shape index (κ2) is 10.2. The highest BCUT2D eigenvalue weighted by Gasteiger charge is 2.27. The van der Waals surface area contributed by atoms with Gasteiger partial charge in [-0.1, -0.05) is 24.3 Å². The van der Waals surface area contributed by atoms with Gasteiger partial charge in [-0.05, 0) is 61.8 Å². The molecule has 2 aromatic carbocycles. The Morgan fingerprint density at radius 1 is 0.941 bits per heavy atom. The summed E-state index contributed by atoms with van der Waals surface area (Å²) < 4.78 is 5.43. The van der Waals surface area contributed by atoms with Gasteiger partial charge in [0, 0.05) is 36.2 Å². The normalized spacial score (nSPS) is 17.5. The molecule has 2 fully saturated rings. The smallest absolute Gasteiger partial charge is 0.239 e. The lowest BCUT2D eigenvalue weighted by atomic mass is 10.0. The van der Waals surface area contributed by atoms with Gasteiger partial charge in [0.2, 0.25) is 11.9 Å². The second-order valence-electron chi connectivity index (χ2n) is 8.71. The predicted octanol–water partition coefficient (Wildman–Crippen LogP) is 3.35. The number of hydrogen-bond acceptors (Lipinski definition) is 7. The molecule has 0 radical (unpaired) electrons. The van der Waals surface area contributed by atoms with Gasteiger partial charge in [-0.15, -0.1) is 0 Å². The van der Waals surface area contributed by atoms with E-state index in [9.17, 15) is 4.79 Å². The molecule has 8 heteroatoms. The molecule has 3 aromatic rings. The van der Waals surface area contributed by atoms with Gasteiger partial charge < -0.3 is 20.7 Å². The summed E-state index contributed by atoms with van der Waals surface area (Å²) in [5.41, 5.74) is 10.5. The van der Waals surface area contributed by atoms with E-state index in [0.717, 1.165) is 74.7 Å². The zero-order chi connectivity index (χ0) is 23.3. The first-order valence-corrected chi connectivity index (χ1v) is 11.8. The average Bonchev–Trinajstić information content (AvgIpc) is 3.40. The second-order valence-corrected chi connectivity index (χ2v) is 8.71. The zero-order valence-corrected chi connectivity index (χ0v) is 19.2.